The second kappa shape index (κ2) is 4.75. The van der Waals surface area contributed by atoms with E-state index in [-0.39, 0.29) is 12.0 Å². The Labute approximate surface area is 86.5 Å². The molecule has 3 N–H and O–H groups in total. The molecular weight excluding hydrogens is 200 g/mol. The van der Waals surface area contributed by atoms with Gasteiger partial charge in [0.05, 0.1) is 7.11 Å². The number of aliphatic carboxylic acids is 1. The predicted octanol–water partition coefficient (Wildman–Crippen LogP) is 0.789. The van der Waals surface area contributed by atoms with Crippen molar-refractivity contribution in [1.29, 1.82) is 0 Å². The van der Waals surface area contributed by atoms with Gasteiger partial charge in [0.25, 0.3) is 0 Å². The van der Waals surface area contributed by atoms with Gasteiger partial charge in [0.1, 0.15) is 17.6 Å². The Morgan fingerprint density at radius 1 is 1.67 bits per heavy atom. The van der Waals surface area contributed by atoms with Gasteiger partial charge < -0.3 is 15.6 Å². The molecule has 0 fully saturated rings. The Hall–Kier alpha value is -1.62. The van der Waals surface area contributed by atoms with E-state index in [1.807, 2.05) is 0 Å². The molecule has 1 rings (SSSR count). The molecule has 0 saturated carbocycles. The minimum atomic E-state index is -1.15. The second-order valence-corrected chi connectivity index (χ2v) is 3.11. The molecule has 1 aromatic carbocycles. The number of carboxylic acid groups (broad SMARTS) is 1. The van der Waals surface area contributed by atoms with Crippen LogP contribution in [0, 0.1) is 5.82 Å². The molecule has 1 aromatic rings. The van der Waals surface area contributed by atoms with E-state index in [1.165, 1.54) is 19.2 Å². The van der Waals surface area contributed by atoms with Crippen molar-refractivity contribution in [2.75, 3.05) is 7.11 Å². The normalized spacial score (nSPS) is 12.2. The smallest absolute Gasteiger partial charge is 0.320 e. The van der Waals surface area contributed by atoms with Crippen molar-refractivity contribution in [2.24, 2.45) is 5.73 Å². The van der Waals surface area contributed by atoms with Crippen LogP contribution in [-0.4, -0.2) is 24.2 Å². The monoisotopic (exact) mass is 212 g/mol. The third kappa shape index (κ3) is 2.92. The van der Waals surface area contributed by atoms with Crippen molar-refractivity contribution in [3.63, 3.8) is 0 Å². The summed E-state index contributed by atoms with van der Waals surface area (Å²) in [5, 5.41) is 8.56. The van der Waals surface area contributed by atoms with Crippen LogP contribution in [-0.2, 0) is 11.2 Å². The summed E-state index contributed by atoms with van der Waals surface area (Å²) in [7, 11) is 1.43. The zero-order chi connectivity index (χ0) is 11.4. The number of ether oxygens (including phenoxy) is 1. The van der Waals surface area contributed by atoms with Gasteiger partial charge >= 0.3 is 5.97 Å². The van der Waals surface area contributed by atoms with Crippen LogP contribution in [0.5, 0.6) is 5.75 Å². The van der Waals surface area contributed by atoms with Gasteiger partial charge in [-0.25, -0.2) is 4.39 Å². The molecule has 5 heteroatoms. The van der Waals surface area contributed by atoms with Gasteiger partial charge in [-0.3, -0.25) is 4.79 Å². The van der Waals surface area contributed by atoms with E-state index in [2.05, 4.69) is 0 Å². The molecule has 0 bridgehead atoms. The van der Waals surface area contributed by atoms with E-state index < -0.39 is 17.8 Å². The average Bonchev–Trinajstić information content (AvgIpc) is 2.20. The Morgan fingerprint density at radius 3 is 2.80 bits per heavy atom. The summed E-state index contributed by atoms with van der Waals surface area (Å²) < 4.78 is 18.1. The molecule has 0 amide bonds. The molecule has 0 saturated heterocycles. The number of methoxy groups -OCH3 is 1. The molecule has 15 heavy (non-hydrogen) atoms. The lowest BCUT2D eigenvalue weighted by Gasteiger charge is -2.08. The SMILES string of the molecule is COc1ccc(C[C@H](N)C(=O)O)c([18F])c1. The Morgan fingerprint density at radius 2 is 2.33 bits per heavy atom. The Bertz CT molecular complexity index is 368. The second-order valence-electron chi connectivity index (χ2n) is 3.11. The molecule has 0 aromatic heterocycles. The molecule has 4 nitrogen and oxygen atoms in total. The molecule has 0 spiro atoms. The first-order valence-electron chi connectivity index (χ1n) is 4.35. The van der Waals surface area contributed by atoms with Crippen molar-refractivity contribution in [3.05, 3.63) is 29.6 Å². The van der Waals surface area contributed by atoms with Crippen molar-refractivity contribution in [2.45, 2.75) is 12.5 Å². The average molecular weight is 212 g/mol. The molecule has 0 radical (unpaired) electrons. The van der Waals surface area contributed by atoms with Crippen LogP contribution >= 0.6 is 0 Å². The van der Waals surface area contributed by atoms with Crippen LogP contribution in [0.4, 0.5) is 4.39 Å². The van der Waals surface area contributed by atoms with Gasteiger partial charge in [0.15, 0.2) is 0 Å². The summed E-state index contributed by atoms with van der Waals surface area (Å²) >= 11 is 0. The van der Waals surface area contributed by atoms with Crippen molar-refractivity contribution < 1.29 is 19.0 Å². The number of carbonyl (C=O) groups is 1. The lowest BCUT2D eigenvalue weighted by Crippen LogP contribution is -2.32. The molecule has 82 valence electrons. The first kappa shape index (κ1) is 11.5. The highest BCUT2D eigenvalue weighted by atomic mass is 18.2. The third-order valence-corrected chi connectivity index (χ3v) is 2.02. The zero-order valence-corrected chi connectivity index (χ0v) is 8.24. The summed E-state index contributed by atoms with van der Waals surface area (Å²) in [6.07, 6.45) is -0.0365. The first-order chi connectivity index (χ1) is 7.04. The fourth-order valence-corrected chi connectivity index (χ4v) is 1.14. The van der Waals surface area contributed by atoms with Crippen LogP contribution < -0.4 is 10.5 Å². The van der Waals surface area contributed by atoms with Crippen molar-refractivity contribution in [3.8, 4) is 5.75 Å². The van der Waals surface area contributed by atoms with Crippen molar-refractivity contribution >= 4 is 5.97 Å². The lowest BCUT2D eigenvalue weighted by molar-refractivity contribution is -0.138. The van der Waals surface area contributed by atoms with Crippen LogP contribution in [0.1, 0.15) is 5.56 Å². The fourth-order valence-electron chi connectivity index (χ4n) is 1.14. The fraction of sp³-hybridized carbons (Fsp3) is 0.300. The number of hydrogen-bond acceptors (Lipinski definition) is 3. The highest BCUT2D eigenvalue weighted by molar-refractivity contribution is 5.73. The third-order valence-electron chi connectivity index (χ3n) is 2.02. The maximum atomic E-state index is 13.3. The molecular formula is C10H12FNO3. The minimum Gasteiger partial charge on any atom is -0.497 e. The topological polar surface area (TPSA) is 72.5 Å². The highest BCUT2D eigenvalue weighted by Crippen LogP contribution is 2.17. The zero-order valence-electron chi connectivity index (χ0n) is 8.24. The predicted molar refractivity (Wildman–Crippen MR) is 52.3 cm³/mol. The van der Waals surface area contributed by atoms with Crippen LogP contribution in [0.2, 0.25) is 0 Å². The summed E-state index contributed by atoms with van der Waals surface area (Å²) in [5.41, 5.74) is 5.56. The highest BCUT2D eigenvalue weighted by Gasteiger charge is 2.14. The molecule has 0 unspecified atom stereocenters. The van der Waals surface area contributed by atoms with Gasteiger partial charge in [-0.1, -0.05) is 6.07 Å². The molecule has 1 atom stereocenters. The minimum absolute atomic E-state index is 0.0365. The lowest BCUT2D eigenvalue weighted by atomic mass is 10.1. The van der Waals surface area contributed by atoms with Gasteiger partial charge in [-0.05, 0) is 11.6 Å². The number of rotatable bonds is 4. The first-order valence-corrected chi connectivity index (χ1v) is 4.35. The molecule has 0 aliphatic rings. The largest absolute Gasteiger partial charge is 0.497 e. The van der Waals surface area contributed by atoms with Gasteiger partial charge in [-0.15, -0.1) is 0 Å². The summed E-state index contributed by atoms with van der Waals surface area (Å²) in [4.78, 5) is 10.5. The maximum absolute atomic E-state index is 13.3. The number of halogens is 1. The van der Waals surface area contributed by atoms with Crippen molar-refractivity contribution in [1.82, 2.24) is 0 Å². The van der Waals surface area contributed by atoms with E-state index in [0.717, 1.165) is 0 Å². The van der Waals surface area contributed by atoms with E-state index in [4.69, 9.17) is 15.6 Å². The van der Waals surface area contributed by atoms with Gasteiger partial charge in [-0.2, -0.15) is 0 Å². The molecule has 0 aliphatic heterocycles. The van der Waals surface area contributed by atoms with E-state index >= 15 is 0 Å². The number of benzene rings is 1. The Kier molecular flexibility index (Phi) is 3.62. The standard InChI is InChI=1S/C10H12FNO3/c1-15-7-3-2-6(8(11)5-7)4-9(12)10(13)14/h2-3,5,9H,4,12H2,1H3,(H,13,14)/t9-/m0/s1/i11-1. The van der Waals surface area contributed by atoms with Crippen LogP contribution in [0.25, 0.3) is 0 Å². The van der Waals surface area contributed by atoms with E-state index in [1.54, 1.807) is 6.07 Å². The van der Waals surface area contributed by atoms with Gasteiger partial charge in [0, 0.05) is 12.5 Å². The van der Waals surface area contributed by atoms with Crippen LogP contribution in [0.3, 0.4) is 0 Å². The van der Waals surface area contributed by atoms with E-state index in [0.29, 0.717) is 5.75 Å². The maximum Gasteiger partial charge on any atom is 0.320 e. The summed E-state index contributed by atoms with van der Waals surface area (Å²) in [6, 6.07) is 3.14. The number of carboxylic acids is 1. The number of nitrogens with two attached hydrogens (primary N) is 1. The summed E-state index contributed by atoms with van der Waals surface area (Å²) in [5.74, 6) is -1.27. The number of hydrogen-bond donors (Lipinski definition) is 2. The molecule has 0 heterocycles. The summed E-state index contributed by atoms with van der Waals surface area (Å²) in [6.45, 7) is 0. The van der Waals surface area contributed by atoms with Gasteiger partial charge in [0.2, 0.25) is 0 Å². The molecule has 0 aliphatic carbocycles. The van der Waals surface area contributed by atoms with E-state index in [9.17, 15) is 9.18 Å². The quantitative estimate of drug-likeness (QED) is 0.773. The van der Waals surface area contributed by atoms with Crippen LogP contribution in [0.15, 0.2) is 18.2 Å². The Balaban J connectivity index is 2.82.